The highest BCUT2D eigenvalue weighted by Crippen LogP contribution is 2.31. The first-order valence-electron chi connectivity index (χ1n) is 6.21. The van der Waals surface area contributed by atoms with Gasteiger partial charge in [-0.1, -0.05) is 26.5 Å². The topological polar surface area (TPSA) is 48.1 Å². The Morgan fingerprint density at radius 2 is 2.26 bits per heavy atom. The fraction of sp³-hybridized carbons (Fsp3) is 0.267. The van der Waals surface area contributed by atoms with Crippen molar-refractivity contribution in [2.24, 2.45) is 0 Å². The minimum atomic E-state index is 0.442. The van der Waals surface area contributed by atoms with E-state index in [-0.39, 0.29) is 0 Å². The van der Waals surface area contributed by atoms with Crippen molar-refractivity contribution in [2.45, 2.75) is 19.8 Å². The maximum Gasteiger partial charge on any atom is 0.142 e. The van der Waals surface area contributed by atoms with Crippen LogP contribution in [0.25, 0.3) is 10.6 Å². The summed E-state index contributed by atoms with van der Waals surface area (Å²) < 4.78 is 5.46. The van der Waals surface area contributed by atoms with E-state index in [1.807, 2.05) is 18.2 Å². The lowest BCUT2D eigenvalue weighted by atomic mass is 10.1. The molecule has 0 radical (unpaired) electrons. The van der Waals surface area contributed by atoms with Crippen LogP contribution in [0.2, 0.25) is 0 Å². The normalized spacial score (nSPS) is 10.7. The predicted molar refractivity (Wildman–Crippen MR) is 81.7 cm³/mol. The molecule has 100 valence electrons. The summed E-state index contributed by atoms with van der Waals surface area (Å²) in [6, 6.07) is 5.77. The first-order chi connectivity index (χ1) is 9.11. The van der Waals surface area contributed by atoms with Crippen LogP contribution in [0.3, 0.4) is 0 Å². The third-order valence-corrected chi connectivity index (χ3v) is 3.64. The second kappa shape index (κ2) is 5.89. The van der Waals surface area contributed by atoms with Crippen molar-refractivity contribution in [3.05, 3.63) is 41.9 Å². The number of thiazole rings is 1. The maximum absolute atomic E-state index is 5.98. The van der Waals surface area contributed by atoms with Crippen molar-refractivity contribution in [1.82, 2.24) is 4.98 Å². The SMILES string of the molecule is C=CCOc1ccc(-c2nc(C(C)C)cs2)cc1N. The van der Waals surface area contributed by atoms with Gasteiger partial charge in [-0.05, 0) is 24.1 Å². The fourth-order valence-corrected chi connectivity index (χ4v) is 2.62. The first-order valence-corrected chi connectivity index (χ1v) is 7.08. The standard InChI is InChI=1S/C15H18N2OS/c1-4-7-18-14-6-5-11(8-12(14)16)15-17-13(9-19-15)10(2)3/h4-6,8-10H,1,7,16H2,2-3H3. The number of anilines is 1. The zero-order chi connectivity index (χ0) is 13.8. The Balaban J connectivity index is 2.25. The van der Waals surface area contributed by atoms with Gasteiger partial charge in [0.15, 0.2) is 0 Å². The minimum absolute atomic E-state index is 0.442. The van der Waals surface area contributed by atoms with Gasteiger partial charge in [-0.15, -0.1) is 11.3 Å². The van der Waals surface area contributed by atoms with Crippen molar-refractivity contribution in [3.8, 4) is 16.3 Å². The molecule has 2 aromatic rings. The van der Waals surface area contributed by atoms with E-state index in [9.17, 15) is 0 Å². The Morgan fingerprint density at radius 1 is 1.47 bits per heavy atom. The van der Waals surface area contributed by atoms with Gasteiger partial charge < -0.3 is 10.5 Å². The number of nitrogens with zero attached hydrogens (tertiary/aromatic N) is 1. The molecule has 0 fully saturated rings. The summed E-state index contributed by atoms with van der Waals surface area (Å²) in [6.45, 7) is 8.35. The molecule has 0 aliphatic heterocycles. The van der Waals surface area contributed by atoms with Crippen molar-refractivity contribution in [3.63, 3.8) is 0 Å². The highest BCUT2D eigenvalue weighted by atomic mass is 32.1. The lowest BCUT2D eigenvalue weighted by molar-refractivity contribution is 0.365. The number of aromatic nitrogens is 1. The molecule has 2 N–H and O–H groups in total. The molecule has 1 heterocycles. The summed E-state index contributed by atoms with van der Waals surface area (Å²) in [4.78, 5) is 4.62. The number of hydrogen-bond donors (Lipinski definition) is 1. The minimum Gasteiger partial charge on any atom is -0.487 e. The van der Waals surface area contributed by atoms with E-state index >= 15 is 0 Å². The van der Waals surface area contributed by atoms with Gasteiger partial charge in [-0.3, -0.25) is 0 Å². The summed E-state index contributed by atoms with van der Waals surface area (Å²) >= 11 is 1.64. The Morgan fingerprint density at radius 3 is 2.84 bits per heavy atom. The van der Waals surface area contributed by atoms with Gasteiger partial charge in [0.1, 0.15) is 17.4 Å². The largest absolute Gasteiger partial charge is 0.487 e. The Bertz CT molecular complexity index is 575. The number of nitrogens with two attached hydrogens (primary N) is 1. The van der Waals surface area contributed by atoms with Crippen molar-refractivity contribution >= 4 is 17.0 Å². The number of hydrogen-bond acceptors (Lipinski definition) is 4. The van der Waals surface area contributed by atoms with E-state index in [1.54, 1.807) is 17.4 Å². The van der Waals surface area contributed by atoms with E-state index in [0.29, 0.717) is 24.0 Å². The van der Waals surface area contributed by atoms with E-state index in [2.05, 4.69) is 30.8 Å². The zero-order valence-corrected chi connectivity index (χ0v) is 12.0. The summed E-state index contributed by atoms with van der Waals surface area (Å²) in [5.74, 6) is 1.13. The van der Waals surface area contributed by atoms with Crippen LogP contribution < -0.4 is 10.5 Å². The third-order valence-electron chi connectivity index (χ3n) is 2.73. The molecular formula is C15H18N2OS. The maximum atomic E-state index is 5.98. The van der Waals surface area contributed by atoms with Crippen molar-refractivity contribution in [1.29, 1.82) is 0 Å². The molecule has 1 aromatic heterocycles. The monoisotopic (exact) mass is 274 g/mol. The van der Waals surface area contributed by atoms with Crippen LogP contribution in [0, 0.1) is 0 Å². The lowest BCUT2D eigenvalue weighted by Crippen LogP contribution is -1.97. The molecule has 0 aliphatic carbocycles. The van der Waals surface area contributed by atoms with Gasteiger partial charge in [-0.25, -0.2) is 4.98 Å². The van der Waals surface area contributed by atoms with Gasteiger partial charge in [0.2, 0.25) is 0 Å². The number of nitrogen functional groups attached to an aromatic ring is 1. The third kappa shape index (κ3) is 3.15. The number of ether oxygens (including phenoxy) is 1. The molecule has 0 bridgehead atoms. The van der Waals surface area contributed by atoms with Gasteiger partial charge >= 0.3 is 0 Å². The van der Waals surface area contributed by atoms with Crippen LogP contribution in [0.1, 0.15) is 25.5 Å². The second-order valence-electron chi connectivity index (χ2n) is 4.58. The van der Waals surface area contributed by atoms with Crippen LogP contribution in [0.15, 0.2) is 36.2 Å². The van der Waals surface area contributed by atoms with Crippen LogP contribution >= 0.6 is 11.3 Å². The van der Waals surface area contributed by atoms with E-state index < -0.39 is 0 Å². The Hall–Kier alpha value is -1.81. The molecule has 0 aliphatic rings. The van der Waals surface area contributed by atoms with Crippen LogP contribution in [0.4, 0.5) is 5.69 Å². The molecule has 0 saturated carbocycles. The van der Waals surface area contributed by atoms with Crippen molar-refractivity contribution in [2.75, 3.05) is 12.3 Å². The highest BCUT2D eigenvalue weighted by Gasteiger charge is 2.09. The van der Waals surface area contributed by atoms with Gasteiger partial charge in [0.25, 0.3) is 0 Å². The quantitative estimate of drug-likeness (QED) is 0.660. The molecule has 0 spiro atoms. The molecule has 2 rings (SSSR count). The number of rotatable bonds is 5. The van der Waals surface area contributed by atoms with Crippen molar-refractivity contribution < 1.29 is 4.74 Å². The van der Waals surface area contributed by atoms with E-state index in [0.717, 1.165) is 16.3 Å². The molecular weight excluding hydrogens is 256 g/mol. The molecule has 0 saturated heterocycles. The molecule has 0 atom stereocenters. The Kier molecular flexibility index (Phi) is 4.22. The smallest absolute Gasteiger partial charge is 0.142 e. The van der Waals surface area contributed by atoms with Gasteiger partial charge in [-0.2, -0.15) is 0 Å². The Labute approximate surface area is 117 Å². The van der Waals surface area contributed by atoms with E-state index in [4.69, 9.17) is 10.5 Å². The average Bonchev–Trinajstić information content (AvgIpc) is 2.87. The van der Waals surface area contributed by atoms with Gasteiger partial charge in [0, 0.05) is 10.9 Å². The fourth-order valence-electron chi connectivity index (χ4n) is 1.65. The van der Waals surface area contributed by atoms with Gasteiger partial charge in [0.05, 0.1) is 11.4 Å². The van der Waals surface area contributed by atoms with E-state index in [1.165, 1.54) is 0 Å². The molecule has 0 unspecified atom stereocenters. The van der Waals surface area contributed by atoms with Crippen LogP contribution in [0.5, 0.6) is 5.75 Å². The second-order valence-corrected chi connectivity index (χ2v) is 5.44. The first kappa shape index (κ1) is 13.6. The molecule has 1 aromatic carbocycles. The summed E-state index contributed by atoms with van der Waals surface area (Å²) in [5.41, 5.74) is 8.75. The molecule has 0 amide bonds. The zero-order valence-electron chi connectivity index (χ0n) is 11.2. The average molecular weight is 274 g/mol. The van der Waals surface area contributed by atoms with Crippen LogP contribution in [-0.4, -0.2) is 11.6 Å². The number of benzene rings is 1. The van der Waals surface area contributed by atoms with Crippen LogP contribution in [-0.2, 0) is 0 Å². The summed E-state index contributed by atoms with van der Waals surface area (Å²) in [5, 5.41) is 3.09. The molecule has 4 heteroatoms. The summed E-state index contributed by atoms with van der Waals surface area (Å²) in [6.07, 6.45) is 1.70. The molecule has 3 nitrogen and oxygen atoms in total. The summed E-state index contributed by atoms with van der Waals surface area (Å²) in [7, 11) is 0. The predicted octanol–water partition coefficient (Wildman–Crippen LogP) is 4.08. The molecule has 19 heavy (non-hydrogen) atoms. The lowest BCUT2D eigenvalue weighted by Gasteiger charge is -2.07. The highest BCUT2D eigenvalue weighted by molar-refractivity contribution is 7.13.